The van der Waals surface area contributed by atoms with Crippen molar-refractivity contribution in [1.82, 2.24) is 4.90 Å². The molecule has 0 radical (unpaired) electrons. The van der Waals surface area contributed by atoms with Crippen molar-refractivity contribution in [2.45, 2.75) is 44.3 Å². The second-order valence-corrected chi connectivity index (χ2v) is 10.9. The number of para-hydroxylation sites is 2. The summed E-state index contributed by atoms with van der Waals surface area (Å²) in [5.41, 5.74) is 1.49. The third kappa shape index (κ3) is 5.37. The van der Waals surface area contributed by atoms with Gasteiger partial charge in [-0.3, -0.25) is 4.79 Å². The molecular formula is C33H36N2O4. The van der Waals surface area contributed by atoms with Crippen molar-refractivity contribution in [2.75, 3.05) is 20.2 Å². The van der Waals surface area contributed by atoms with Gasteiger partial charge in [-0.1, -0.05) is 66.7 Å². The maximum atomic E-state index is 13.9. The van der Waals surface area contributed by atoms with Crippen LogP contribution in [-0.2, 0) is 17.0 Å². The maximum absolute atomic E-state index is 13.9. The fourth-order valence-corrected chi connectivity index (χ4v) is 6.64. The Morgan fingerprint density at radius 1 is 1.05 bits per heavy atom. The lowest BCUT2D eigenvalue weighted by molar-refractivity contribution is -0.132. The van der Waals surface area contributed by atoms with Crippen LogP contribution in [0.2, 0.25) is 0 Å². The number of hydrogen-bond acceptors (Lipinski definition) is 5. The molecule has 1 saturated heterocycles. The first-order valence-corrected chi connectivity index (χ1v) is 13.7. The van der Waals surface area contributed by atoms with Gasteiger partial charge in [0.15, 0.2) is 0 Å². The van der Waals surface area contributed by atoms with Crippen LogP contribution in [0.15, 0.2) is 78.9 Å². The van der Waals surface area contributed by atoms with Gasteiger partial charge < -0.3 is 19.5 Å². The predicted molar refractivity (Wildman–Crippen MR) is 149 cm³/mol. The first-order chi connectivity index (χ1) is 18.9. The Morgan fingerprint density at radius 3 is 2.49 bits per heavy atom. The monoisotopic (exact) mass is 524 g/mol. The zero-order valence-corrected chi connectivity index (χ0v) is 22.6. The summed E-state index contributed by atoms with van der Waals surface area (Å²) in [6.07, 6.45) is 1.69. The van der Waals surface area contributed by atoms with E-state index in [-0.39, 0.29) is 23.7 Å². The van der Waals surface area contributed by atoms with Crippen molar-refractivity contribution in [2.24, 2.45) is 17.8 Å². The average Bonchev–Trinajstić information content (AvgIpc) is 3.41. The molecule has 3 aromatic rings. The van der Waals surface area contributed by atoms with Crippen LogP contribution in [0.3, 0.4) is 0 Å². The van der Waals surface area contributed by atoms with Crippen LogP contribution < -0.4 is 9.47 Å². The Hall–Kier alpha value is -3.82. The third-order valence-corrected chi connectivity index (χ3v) is 8.55. The van der Waals surface area contributed by atoms with Gasteiger partial charge in [0.1, 0.15) is 18.1 Å². The lowest BCUT2D eigenvalue weighted by Crippen LogP contribution is -2.46. The molecule has 202 valence electrons. The Morgan fingerprint density at radius 2 is 1.74 bits per heavy atom. The van der Waals surface area contributed by atoms with Gasteiger partial charge in [-0.05, 0) is 49.3 Å². The van der Waals surface area contributed by atoms with Gasteiger partial charge in [0.25, 0.3) is 0 Å². The third-order valence-electron chi connectivity index (χ3n) is 8.55. The van der Waals surface area contributed by atoms with Crippen molar-refractivity contribution in [3.05, 3.63) is 95.6 Å². The van der Waals surface area contributed by atoms with E-state index in [4.69, 9.17) is 9.47 Å². The predicted octanol–water partition coefficient (Wildman–Crippen LogP) is 5.66. The summed E-state index contributed by atoms with van der Waals surface area (Å²) in [4.78, 5) is 15.8. The van der Waals surface area contributed by atoms with Crippen molar-refractivity contribution < 1.29 is 19.4 Å². The Kier molecular flexibility index (Phi) is 7.90. The number of fused-ring (bicyclic) bond motifs is 1. The molecule has 1 N–H and O–H groups in total. The van der Waals surface area contributed by atoms with Crippen LogP contribution >= 0.6 is 0 Å². The number of likely N-dealkylation sites (tertiary alicyclic amines) is 1. The van der Waals surface area contributed by atoms with E-state index in [0.29, 0.717) is 44.0 Å². The summed E-state index contributed by atoms with van der Waals surface area (Å²) in [5, 5.41) is 21.7. The molecule has 1 heterocycles. The summed E-state index contributed by atoms with van der Waals surface area (Å²) in [5.74, 6) is 1.01. The van der Waals surface area contributed by atoms with Crippen molar-refractivity contribution in [1.29, 1.82) is 5.26 Å². The summed E-state index contributed by atoms with van der Waals surface area (Å²) in [6.45, 7) is 3.40. The van der Waals surface area contributed by atoms with Gasteiger partial charge in [-0.2, -0.15) is 5.26 Å². The molecule has 5 atom stereocenters. The highest BCUT2D eigenvalue weighted by atomic mass is 16.5. The summed E-state index contributed by atoms with van der Waals surface area (Å²) < 4.78 is 11.8. The number of aliphatic hydroxyl groups is 1. The zero-order chi connectivity index (χ0) is 27.4. The van der Waals surface area contributed by atoms with Crippen molar-refractivity contribution in [3.63, 3.8) is 0 Å². The molecule has 6 nitrogen and oxygen atoms in total. The molecule has 1 aliphatic heterocycles. The number of hydrogen-bond donors (Lipinski definition) is 1. The molecule has 3 aromatic carbocycles. The molecule has 1 amide bonds. The van der Waals surface area contributed by atoms with Crippen molar-refractivity contribution in [3.8, 4) is 17.6 Å². The van der Waals surface area contributed by atoms with E-state index in [1.54, 1.807) is 7.11 Å². The molecule has 39 heavy (non-hydrogen) atoms. The minimum atomic E-state index is -1.17. The number of nitrogens with zero attached hydrogens (tertiary/aromatic N) is 2. The van der Waals surface area contributed by atoms with Gasteiger partial charge in [0.05, 0.1) is 24.7 Å². The zero-order valence-electron chi connectivity index (χ0n) is 22.6. The second-order valence-electron chi connectivity index (χ2n) is 10.9. The Bertz CT molecular complexity index is 1340. The van der Waals surface area contributed by atoms with Crippen LogP contribution in [0.1, 0.15) is 48.8 Å². The lowest BCUT2D eigenvalue weighted by atomic mass is 9.63. The summed E-state index contributed by atoms with van der Waals surface area (Å²) in [7, 11) is 1.61. The first-order valence-electron chi connectivity index (χ1n) is 13.7. The Labute approximate surface area is 230 Å². The largest absolute Gasteiger partial charge is 0.496 e. The molecule has 6 heteroatoms. The standard InChI is InChI=1S/C33H36N2O4/c1-23(27-12-6-8-14-30(27)39-22-24-10-4-3-5-11-24)32(36)35-20-26-18-25(16-17-34)19-33(37,29(26)21-35)28-13-7-9-15-31(28)38-2/h3-15,23,25-26,29,37H,16,18-22H2,1-2H3/t23?,25-,26+,29-,33-/m1/s1. The van der Waals surface area contributed by atoms with E-state index in [2.05, 4.69) is 6.07 Å². The molecule has 1 unspecified atom stereocenters. The van der Waals surface area contributed by atoms with Crippen LogP contribution in [0, 0.1) is 29.1 Å². The number of methoxy groups -OCH3 is 1. The second kappa shape index (κ2) is 11.5. The van der Waals surface area contributed by atoms with Gasteiger partial charge in [-0.15, -0.1) is 0 Å². The van der Waals surface area contributed by atoms with E-state index in [1.807, 2.05) is 90.7 Å². The van der Waals surface area contributed by atoms with Gasteiger partial charge in [-0.25, -0.2) is 0 Å². The molecule has 2 fully saturated rings. The van der Waals surface area contributed by atoms with Crippen molar-refractivity contribution >= 4 is 5.91 Å². The number of benzene rings is 3. The highest BCUT2D eigenvalue weighted by Crippen LogP contribution is 2.53. The molecule has 1 saturated carbocycles. The van der Waals surface area contributed by atoms with Crippen LogP contribution in [0.25, 0.3) is 0 Å². The number of rotatable bonds is 8. The highest BCUT2D eigenvalue weighted by molar-refractivity contribution is 5.84. The topological polar surface area (TPSA) is 82.8 Å². The molecule has 2 aliphatic rings. The van der Waals surface area contributed by atoms with E-state index >= 15 is 0 Å². The number of nitriles is 1. The van der Waals surface area contributed by atoms with Gasteiger partial charge in [0, 0.05) is 36.6 Å². The summed E-state index contributed by atoms with van der Waals surface area (Å²) >= 11 is 0. The number of carbonyl (C=O) groups excluding carboxylic acids is 1. The molecule has 0 aromatic heterocycles. The highest BCUT2D eigenvalue weighted by Gasteiger charge is 2.54. The maximum Gasteiger partial charge on any atom is 0.229 e. The molecule has 5 rings (SSSR count). The smallest absolute Gasteiger partial charge is 0.229 e. The quantitative estimate of drug-likeness (QED) is 0.411. The fraction of sp³-hybridized carbons (Fsp3) is 0.394. The minimum absolute atomic E-state index is 0.0272. The minimum Gasteiger partial charge on any atom is -0.496 e. The number of ether oxygens (including phenoxy) is 2. The molecule has 0 bridgehead atoms. The Balaban J connectivity index is 1.38. The van der Waals surface area contributed by atoms with E-state index in [0.717, 1.165) is 23.1 Å². The number of carbonyl (C=O) groups is 1. The number of amides is 1. The first kappa shape index (κ1) is 26.8. The van der Waals surface area contributed by atoms with E-state index in [1.165, 1.54) is 0 Å². The van der Waals surface area contributed by atoms with Crippen LogP contribution in [0.4, 0.5) is 0 Å². The van der Waals surface area contributed by atoms with Gasteiger partial charge in [0.2, 0.25) is 5.91 Å². The molecule has 0 spiro atoms. The van der Waals surface area contributed by atoms with E-state index < -0.39 is 11.5 Å². The average molecular weight is 525 g/mol. The van der Waals surface area contributed by atoms with Gasteiger partial charge >= 0.3 is 0 Å². The lowest BCUT2D eigenvalue weighted by Gasteiger charge is -2.45. The summed E-state index contributed by atoms with van der Waals surface area (Å²) in [6, 6.07) is 27.6. The van der Waals surface area contributed by atoms with E-state index in [9.17, 15) is 15.2 Å². The molecule has 1 aliphatic carbocycles. The fourth-order valence-electron chi connectivity index (χ4n) is 6.64. The SMILES string of the molecule is COc1ccccc1[C@]1(O)C[C@H](CC#N)C[C@H]2CN(C(=O)C(C)c3ccccc3OCc3ccccc3)C[C@H]21. The van der Waals surface area contributed by atoms with Crippen LogP contribution in [-0.4, -0.2) is 36.1 Å². The normalized spacial score (nSPS) is 24.9. The molecular weight excluding hydrogens is 488 g/mol. The van der Waals surface area contributed by atoms with Crippen LogP contribution in [0.5, 0.6) is 11.5 Å².